The molecule has 2 bridgehead atoms. The molecule has 2 aliphatic rings. The first-order valence-electron chi connectivity index (χ1n) is 11.2. The van der Waals surface area contributed by atoms with Crippen LogP contribution in [0.2, 0.25) is 0 Å². The lowest BCUT2D eigenvalue weighted by atomic mass is 9.93. The first-order chi connectivity index (χ1) is 16.0. The van der Waals surface area contributed by atoms with E-state index >= 15 is 0 Å². The van der Waals surface area contributed by atoms with Crippen LogP contribution in [0.3, 0.4) is 0 Å². The number of halogens is 1. The van der Waals surface area contributed by atoms with Gasteiger partial charge in [-0.2, -0.15) is 0 Å². The summed E-state index contributed by atoms with van der Waals surface area (Å²) >= 11 is 0. The zero-order chi connectivity index (χ0) is 22.9. The van der Waals surface area contributed by atoms with Gasteiger partial charge in [0.25, 0.3) is 0 Å². The van der Waals surface area contributed by atoms with Crippen molar-refractivity contribution in [2.75, 3.05) is 12.3 Å². The number of hydrogen-bond donors (Lipinski definition) is 3. The lowest BCUT2D eigenvalue weighted by molar-refractivity contribution is 0.227. The van der Waals surface area contributed by atoms with Gasteiger partial charge >= 0.3 is 0 Å². The van der Waals surface area contributed by atoms with Gasteiger partial charge in [-0.1, -0.05) is 6.07 Å². The molecular weight excluding hydrogens is 417 g/mol. The molecule has 0 radical (unpaired) electrons. The molecule has 3 heterocycles. The lowest BCUT2D eigenvalue weighted by Crippen LogP contribution is -2.19. The van der Waals surface area contributed by atoms with Crippen LogP contribution in [-0.2, 0) is 6.42 Å². The van der Waals surface area contributed by atoms with Crippen LogP contribution in [0.4, 0.5) is 10.2 Å². The second-order valence-electron chi connectivity index (χ2n) is 8.66. The fourth-order valence-corrected chi connectivity index (χ4v) is 4.24. The molecule has 4 N–H and O–H groups in total. The predicted octanol–water partition coefficient (Wildman–Crippen LogP) is 4.92. The Bertz CT molecular complexity index is 1250. The number of nitrogens with two attached hydrogens (primary N) is 1. The summed E-state index contributed by atoms with van der Waals surface area (Å²) in [4.78, 5) is 9.00. The summed E-state index contributed by atoms with van der Waals surface area (Å²) in [5.74, 6) is 0.989. The number of nitrogens with one attached hydrogen (secondary N) is 2. The number of rotatable bonds is 4. The summed E-state index contributed by atoms with van der Waals surface area (Å²) in [5.41, 5.74) is 11.8. The van der Waals surface area contributed by atoms with E-state index in [0.717, 1.165) is 40.2 Å². The van der Waals surface area contributed by atoms with E-state index in [2.05, 4.69) is 15.3 Å². The molecule has 1 aliphatic heterocycles. The van der Waals surface area contributed by atoms with Crippen LogP contribution in [0.15, 0.2) is 54.4 Å². The van der Waals surface area contributed by atoms with Gasteiger partial charge in [-0.05, 0) is 67.2 Å². The molecular formula is C26H26FN5O. The van der Waals surface area contributed by atoms with Crippen molar-refractivity contribution in [2.24, 2.45) is 5.92 Å². The third kappa shape index (κ3) is 4.31. The highest BCUT2D eigenvalue weighted by molar-refractivity contribution is 5.90. The highest BCUT2D eigenvalue weighted by atomic mass is 19.1. The number of hydrogen-bond acceptors (Lipinski definition) is 6. The van der Waals surface area contributed by atoms with Gasteiger partial charge in [-0.3, -0.25) is 4.98 Å². The Morgan fingerprint density at radius 1 is 1.24 bits per heavy atom. The molecule has 5 rings (SSSR count). The largest absolute Gasteiger partial charge is 0.482 e. The maximum absolute atomic E-state index is 14.3. The molecule has 0 unspecified atom stereocenters. The van der Waals surface area contributed by atoms with E-state index in [1.54, 1.807) is 18.5 Å². The fraction of sp³-hybridized carbons (Fsp3) is 0.269. The summed E-state index contributed by atoms with van der Waals surface area (Å²) in [6.45, 7) is 2.70. The van der Waals surface area contributed by atoms with Crippen molar-refractivity contribution in [3.8, 4) is 17.0 Å². The summed E-state index contributed by atoms with van der Waals surface area (Å²) < 4.78 is 20.5. The Kier molecular flexibility index (Phi) is 5.54. The molecule has 1 saturated carbocycles. The van der Waals surface area contributed by atoms with E-state index in [9.17, 15) is 4.39 Å². The molecule has 33 heavy (non-hydrogen) atoms. The van der Waals surface area contributed by atoms with Gasteiger partial charge in [0.05, 0.1) is 5.69 Å². The molecule has 7 heteroatoms. The molecule has 0 saturated heterocycles. The number of pyridine rings is 2. The number of fused-ring (bicyclic) bond motifs is 5. The topological polar surface area (TPSA) is 96.9 Å². The molecule has 1 atom stereocenters. The van der Waals surface area contributed by atoms with Crippen molar-refractivity contribution in [3.05, 3.63) is 76.9 Å². The van der Waals surface area contributed by atoms with E-state index in [1.165, 1.54) is 31.2 Å². The van der Waals surface area contributed by atoms with E-state index in [1.807, 2.05) is 25.1 Å². The Balaban J connectivity index is 1.74. The summed E-state index contributed by atoms with van der Waals surface area (Å²) in [6.07, 6.45) is 7.24. The average molecular weight is 444 g/mol. The molecule has 6 nitrogen and oxygen atoms in total. The van der Waals surface area contributed by atoms with Crippen LogP contribution in [0.25, 0.3) is 17.0 Å². The number of ether oxygens (including phenoxy) is 1. The van der Waals surface area contributed by atoms with Crippen LogP contribution in [0, 0.1) is 17.1 Å². The third-order valence-corrected chi connectivity index (χ3v) is 6.21. The minimum absolute atomic E-state index is 0.261. The van der Waals surface area contributed by atoms with Gasteiger partial charge in [0, 0.05) is 54.0 Å². The lowest BCUT2D eigenvalue weighted by Gasteiger charge is -2.23. The van der Waals surface area contributed by atoms with Crippen molar-refractivity contribution >= 4 is 17.7 Å². The maximum Gasteiger partial charge on any atom is 0.166 e. The highest BCUT2D eigenvalue weighted by Gasteiger charge is 2.24. The minimum Gasteiger partial charge on any atom is -0.482 e. The smallest absolute Gasteiger partial charge is 0.166 e. The molecule has 0 spiro atoms. The number of benzene rings is 1. The molecule has 1 aliphatic carbocycles. The summed E-state index contributed by atoms with van der Waals surface area (Å²) in [7, 11) is 0. The van der Waals surface area contributed by atoms with Gasteiger partial charge in [0.1, 0.15) is 11.9 Å². The number of nitrogen functional groups attached to an aromatic ring is 1. The van der Waals surface area contributed by atoms with Crippen LogP contribution >= 0.6 is 0 Å². The first-order valence-corrected chi connectivity index (χ1v) is 11.2. The SMILES string of the molecule is C[C@H]1Oc2cc(cnc2N)/C(NCC2CC2)=C(/C=N)Cc2cccnc2-c2ccc(F)cc21. The zero-order valence-corrected chi connectivity index (χ0v) is 18.4. The number of nitrogens with zero attached hydrogens (tertiary/aromatic N) is 2. The minimum atomic E-state index is -0.488. The van der Waals surface area contributed by atoms with Crippen molar-refractivity contribution in [1.29, 1.82) is 5.41 Å². The van der Waals surface area contributed by atoms with Crippen LogP contribution in [0.5, 0.6) is 5.75 Å². The molecule has 168 valence electrons. The number of aromatic nitrogens is 2. The van der Waals surface area contributed by atoms with Crippen molar-refractivity contribution < 1.29 is 9.13 Å². The summed E-state index contributed by atoms with van der Waals surface area (Å²) in [5, 5.41) is 11.8. The third-order valence-electron chi connectivity index (χ3n) is 6.21. The first kappa shape index (κ1) is 21.1. The zero-order valence-electron chi connectivity index (χ0n) is 18.4. The Morgan fingerprint density at radius 2 is 2.09 bits per heavy atom. The van der Waals surface area contributed by atoms with Crippen molar-refractivity contribution in [2.45, 2.75) is 32.3 Å². The van der Waals surface area contributed by atoms with Gasteiger partial charge in [-0.25, -0.2) is 9.37 Å². The standard InChI is InChI=1S/C26H26FN5O/c1-15-22-11-20(27)6-7-21(22)25-17(3-2-8-30-25)9-18(12-28)24(31-13-16-4-5-16)19-10-23(33-15)26(29)32-14-19/h2-3,6-8,10-12,14-16,28,31H,4-5,9,13H2,1H3,(H2,29,32)/b24-18-,28-12?/t15-/m1/s1. The van der Waals surface area contributed by atoms with Crippen molar-refractivity contribution in [1.82, 2.24) is 15.3 Å². The molecule has 1 fully saturated rings. The van der Waals surface area contributed by atoms with Crippen LogP contribution < -0.4 is 15.8 Å². The highest BCUT2D eigenvalue weighted by Crippen LogP contribution is 2.37. The summed E-state index contributed by atoms with van der Waals surface area (Å²) in [6, 6.07) is 10.4. The van der Waals surface area contributed by atoms with Crippen molar-refractivity contribution in [3.63, 3.8) is 0 Å². The fourth-order valence-electron chi connectivity index (χ4n) is 4.24. The van der Waals surface area contributed by atoms with Gasteiger partial charge in [-0.15, -0.1) is 0 Å². The molecule has 1 aromatic carbocycles. The van der Waals surface area contributed by atoms with Gasteiger partial charge in [0.2, 0.25) is 0 Å². The van der Waals surface area contributed by atoms with Crippen LogP contribution in [-0.4, -0.2) is 22.7 Å². The second kappa shape index (κ2) is 8.65. The second-order valence-corrected chi connectivity index (χ2v) is 8.66. The average Bonchev–Trinajstić information content (AvgIpc) is 3.64. The Morgan fingerprint density at radius 3 is 2.88 bits per heavy atom. The molecule has 0 amide bonds. The normalized spacial score (nSPS) is 19.9. The Labute approximate surface area is 192 Å². The van der Waals surface area contributed by atoms with Gasteiger partial charge in [0.15, 0.2) is 11.6 Å². The monoisotopic (exact) mass is 443 g/mol. The van der Waals surface area contributed by atoms with E-state index in [4.69, 9.17) is 15.9 Å². The number of anilines is 1. The quantitative estimate of drug-likeness (QED) is 0.497. The van der Waals surface area contributed by atoms with Gasteiger partial charge < -0.3 is 21.2 Å². The maximum atomic E-state index is 14.3. The van der Waals surface area contributed by atoms with Crippen LogP contribution in [0.1, 0.15) is 42.6 Å². The van der Waals surface area contributed by atoms with E-state index < -0.39 is 6.10 Å². The molecule has 2 aromatic heterocycles. The number of allylic oxidation sites excluding steroid dienone is 1. The predicted molar refractivity (Wildman–Crippen MR) is 127 cm³/mol. The molecule has 3 aromatic rings. The van der Waals surface area contributed by atoms with E-state index in [0.29, 0.717) is 23.7 Å². The Hall–Kier alpha value is -3.74. The van der Waals surface area contributed by atoms with E-state index in [-0.39, 0.29) is 11.6 Å².